The lowest BCUT2D eigenvalue weighted by Crippen LogP contribution is -2.46. The van der Waals surface area contributed by atoms with Gasteiger partial charge in [-0.1, -0.05) is 37.3 Å². The summed E-state index contributed by atoms with van der Waals surface area (Å²) in [5.74, 6) is -1.35. The first kappa shape index (κ1) is 21.1. The Labute approximate surface area is 162 Å². The normalized spacial score (nSPS) is 13.0. The topological polar surface area (TPSA) is 127 Å². The van der Waals surface area contributed by atoms with Gasteiger partial charge in [-0.15, -0.1) is 0 Å². The molecule has 28 heavy (non-hydrogen) atoms. The molecule has 1 atom stereocenters. The molecule has 150 valence electrons. The van der Waals surface area contributed by atoms with Crippen LogP contribution in [0.1, 0.15) is 36.7 Å². The molecule has 1 unspecified atom stereocenters. The minimum Gasteiger partial charge on any atom is -0.481 e. The van der Waals surface area contributed by atoms with Crippen LogP contribution in [-0.4, -0.2) is 38.2 Å². The number of benzene rings is 1. The van der Waals surface area contributed by atoms with Crippen LogP contribution in [0.25, 0.3) is 0 Å². The molecule has 0 fully saturated rings. The van der Waals surface area contributed by atoms with Crippen molar-refractivity contribution in [3.05, 3.63) is 57.4 Å². The van der Waals surface area contributed by atoms with Gasteiger partial charge in [0.1, 0.15) is 16.8 Å². The largest absolute Gasteiger partial charge is 0.481 e. The number of hydrogen-bond acceptors (Lipinski definition) is 5. The molecule has 0 aliphatic heterocycles. The van der Waals surface area contributed by atoms with Gasteiger partial charge >= 0.3 is 11.7 Å². The lowest BCUT2D eigenvalue weighted by Gasteiger charge is -2.29. The van der Waals surface area contributed by atoms with Crippen LogP contribution in [0.5, 0.6) is 0 Å². The molecule has 1 aromatic carbocycles. The zero-order valence-corrected chi connectivity index (χ0v) is 16.1. The van der Waals surface area contributed by atoms with Gasteiger partial charge in [0, 0.05) is 13.0 Å². The van der Waals surface area contributed by atoms with E-state index in [1.54, 1.807) is 51.1 Å². The summed E-state index contributed by atoms with van der Waals surface area (Å²) in [5.41, 5.74) is 0.0317. The second-order valence-electron chi connectivity index (χ2n) is 6.63. The van der Waals surface area contributed by atoms with Gasteiger partial charge < -0.3 is 10.4 Å². The van der Waals surface area contributed by atoms with Crippen LogP contribution in [0.15, 0.2) is 30.3 Å². The van der Waals surface area contributed by atoms with Crippen molar-refractivity contribution in [2.45, 2.75) is 45.6 Å². The number of hydrogen-bond donors (Lipinski definition) is 2. The van der Waals surface area contributed by atoms with E-state index in [1.807, 2.05) is 0 Å². The predicted octanol–water partition coefficient (Wildman–Crippen LogP) is 2.35. The van der Waals surface area contributed by atoms with Crippen LogP contribution in [0.4, 0.5) is 5.69 Å². The van der Waals surface area contributed by atoms with Gasteiger partial charge in [-0.3, -0.25) is 24.4 Å². The Hall–Kier alpha value is -3.23. The van der Waals surface area contributed by atoms with Crippen molar-refractivity contribution in [2.75, 3.05) is 6.54 Å². The molecular formula is C19H24N4O5. The number of carbonyl (C=O) groups is 2. The van der Waals surface area contributed by atoms with Crippen LogP contribution in [0, 0.1) is 24.0 Å². The van der Waals surface area contributed by atoms with Gasteiger partial charge in [0.2, 0.25) is 5.91 Å². The van der Waals surface area contributed by atoms with Gasteiger partial charge in [0.15, 0.2) is 0 Å². The fraction of sp³-hybridized carbons (Fsp3) is 0.421. The summed E-state index contributed by atoms with van der Waals surface area (Å²) in [7, 11) is 0. The standard InChI is InChI=1S/C19H24N4O5/c1-4-19(18(25)26,15-8-6-5-7-9-15)12-20-16(24)10-11-22-14(3)17(23(27)28)13(2)21-22/h5-9H,4,10-12H2,1-3H3,(H,20,24)(H,25,26). The third-order valence-electron chi connectivity index (χ3n) is 5.00. The lowest BCUT2D eigenvalue weighted by molar-refractivity contribution is -0.386. The second kappa shape index (κ2) is 8.64. The number of nitrogens with one attached hydrogen (secondary N) is 1. The van der Waals surface area contributed by atoms with E-state index in [4.69, 9.17) is 0 Å². The highest BCUT2D eigenvalue weighted by Crippen LogP contribution is 2.28. The zero-order chi connectivity index (χ0) is 20.9. The molecule has 0 radical (unpaired) electrons. The maximum atomic E-state index is 12.3. The maximum Gasteiger partial charge on any atom is 0.315 e. The molecule has 1 amide bonds. The number of aromatic nitrogens is 2. The molecule has 0 saturated heterocycles. The average molecular weight is 388 g/mol. The molecule has 0 aliphatic carbocycles. The molecule has 2 rings (SSSR count). The summed E-state index contributed by atoms with van der Waals surface area (Å²) in [6.07, 6.45) is 0.351. The molecule has 2 N–H and O–H groups in total. The fourth-order valence-electron chi connectivity index (χ4n) is 3.25. The number of nitrogens with zero attached hydrogens (tertiary/aromatic N) is 3. The number of nitro groups is 1. The molecule has 0 spiro atoms. The molecule has 1 heterocycles. The van der Waals surface area contributed by atoms with Gasteiger partial charge in [-0.05, 0) is 25.8 Å². The quantitative estimate of drug-likeness (QED) is 0.501. The molecule has 2 aromatic rings. The predicted molar refractivity (Wildman–Crippen MR) is 102 cm³/mol. The van der Waals surface area contributed by atoms with Crippen molar-refractivity contribution in [3.8, 4) is 0 Å². The maximum absolute atomic E-state index is 12.3. The molecular weight excluding hydrogens is 364 g/mol. The Morgan fingerprint density at radius 3 is 2.43 bits per heavy atom. The van der Waals surface area contributed by atoms with Gasteiger partial charge in [-0.2, -0.15) is 5.10 Å². The Morgan fingerprint density at radius 1 is 1.29 bits per heavy atom. The van der Waals surface area contributed by atoms with E-state index < -0.39 is 16.3 Å². The van der Waals surface area contributed by atoms with Gasteiger partial charge in [0.05, 0.1) is 11.5 Å². The van der Waals surface area contributed by atoms with Crippen molar-refractivity contribution in [3.63, 3.8) is 0 Å². The summed E-state index contributed by atoms with van der Waals surface area (Å²) in [5, 5.41) is 27.6. The van der Waals surface area contributed by atoms with Crippen LogP contribution >= 0.6 is 0 Å². The number of carboxylic acids is 1. The summed E-state index contributed by atoms with van der Waals surface area (Å²) in [4.78, 5) is 34.8. The Morgan fingerprint density at radius 2 is 1.93 bits per heavy atom. The molecule has 0 saturated carbocycles. The highest BCUT2D eigenvalue weighted by atomic mass is 16.6. The third-order valence-corrected chi connectivity index (χ3v) is 5.00. The van der Waals surface area contributed by atoms with Gasteiger partial charge in [0.25, 0.3) is 0 Å². The van der Waals surface area contributed by atoms with Crippen molar-refractivity contribution >= 4 is 17.6 Å². The van der Waals surface area contributed by atoms with E-state index in [0.717, 1.165) is 0 Å². The first-order chi connectivity index (χ1) is 13.2. The lowest BCUT2D eigenvalue weighted by atomic mass is 9.78. The van der Waals surface area contributed by atoms with Crippen molar-refractivity contribution in [1.82, 2.24) is 15.1 Å². The van der Waals surface area contributed by atoms with Crippen molar-refractivity contribution in [2.24, 2.45) is 0 Å². The zero-order valence-electron chi connectivity index (χ0n) is 16.1. The number of aryl methyl sites for hydroxylation is 2. The van der Waals surface area contributed by atoms with Crippen LogP contribution in [0.2, 0.25) is 0 Å². The minimum absolute atomic E-state index is 0.0350. The van der Waals surface area contributed by atoms with E-state index in [0.29, 0.717) is 23.4 Å². The first-order valence-corrected chi connectivity index (χ1v) is 8.97. The summed E-state index contributed by atoms with van der Waals surface area (Å²) in [6, 6.07) is 8.80. The molecule has 0 bridgehead atoms. The fourth-order valence-corrected chi connectivity index (χ4v) is 3.25. The van der Waals surface area contributed by atoms with Crippen molar-refractivity contribution in [1.29, 1.82) is 0 Å². The molecule has 9 nitrogen and oxygen atoms in total. The monoisotopic (exact) mass is 388 g/mol. The summed E-state index contributed by atoms with van der Waals surface area (Å²) >= 11 is 0. The first-order valence-electron chi connectivity index (χ1n) is 8.97. The number of carbonyl (C=O) groups excluding carboxylic acids is 1. The van der Waals surface area contributed by atoms with Crippen LogP contribution < -0.4 is 5.32 Å². The number of amides is 1. The molecule has 0 aliphatic rings. The van der Waals surface area contributed by atoms with Crippen LogP contribution in [-0.2, 0) is 21.5 Å². The minimum atomic E-state index is -1.21. The summed E-state index contributed by atoms with van der Waals surface area (Å²) in [6.45, 7) is 5.02. The Kier molecular flexibility index (Phi) is 6.50. The van der Waals surface area contributed by atoms with E-state index >= 15 is 0 Å². The third kappa shape index (κ3) is 4.19. The van der Waals surface area contributed by atoms with E-state index in [9.17, 15) is 24.8 Å². The highest BCUT2D eigenvalue weighted by molar-refractivity contribution is 5.83. The molecule has 1 aromatic heterocycles. The van der Waals surface area contributed by atoms with E-state index in [1.165, 1.54) is 4.68 Å². The van der Waals surface area contributed by atoms with E-state index in [-0.39, 0.29) is 31.1 Å². The smallest absolute Gasteiger partial charge is 0.315 e. The van der Waals surface area contributed by atoms with Crippen LogP contribution in [0.3, 0.4) is 0 Å². The Balaban J connectivity index is 2.06. The summed E-state index contributed by atoms with van der Waals surface area (Å²) < 4.78 is 1.43. The molecule has 9 heteroatoms. The van der Waals surface area contributed by atoms with Gasteiger partial charge in [-0.25, -0.2) is 0 Å². The number of aliphatic carboxylic acids is 1. The van der Waals surface area contributed by atoms with E-state index in [2.05, 4.69) is 10.4 Å². The van der Waals surface area contributed by atoms with Crippen molar-refractivity contribution < 1.29 is 19.6 Å². The number of carboxylic acid groups (broad SMARTS) is 1. The Bertz CT molecular complexity index is 878. The SMILES string of the molecule is CCC(CNC(=O)CCn1nc(C)c([N+](=O)[O-])c1C)(C(=O)O)c1ccccc1. The average Bonchev–Trinajstić information content (AvgIpc) is 2.95. The number of rotatable bonds is 9. The second-order valence-corrected chi connectivity index (χ2v) is 6.63. The highest BCUT2D eigenvalue weighted by Gasteiger charge is 2.38.